The number of carbonyl (C=O) groups is 2. The van der Waals surface area contributed by atoms with Crippen LogP contribution < -0.4 is 5.32 Å². The Morgan fingerprint density at radius 2 is 2.22 bits per heavy atom. The van der Waals surface area contributed by atoms with Gasteiger partial charge in [-0.2, -0.15) is 0 Å². The summed E-state index contributed by atoms with van der Waals surface area (Å²) < 4.78 is 4.81. The van der Waals surface area contributed by atoms with Gasteiger partial charge in [0.25, 0.3) is 0 Å². The van der Waals surface area contributed by atoms with E-state index in [9.17, 15) is 9.59 Å². The fraction of sp³-hybridized carbons (Fsp3) is 0.500. The number of carboxylic acids is 1. The van der Waals surface area contributed by atoms with Crippen LogP contribution in [0.3, 0.4) is 0 Å². The summed E-state index contributed by atoms with van der Waals surface area (Å²) in [4.78, 5) is 23.6. The fourth-order valence-electron chi connectivity index (χ4n) is 1.15. The Morgan fingerprint density at radius 1 is 1.61 bits per heavy atom. The molecule has 7 nitrogen and oxygen atoms in total. The van der Waals surface area contributed by atoms with Crippen LogP contribution in [0.25, 0.3) is 0 Å². The van der Waals surface area contributed by atoms with Crippen molar-refractivity contribution in [1.29, 1.82) is 0 Å². The Kier molecular flexibility index (Phi) is 6.35. The summed E-state index contributed by atoms with van der Waals surface area (Å²) in [6.45, 7) is 3.21. The highest BCUT2D eigenvalue weighted by atomic mass is 35.5. The van der Waals surface area contributed by atoms with E-state index in [-0.39, 0.29) is 30.7 Å². The van der Waals surface area contributed by atoms with Crippen LogP contribution in [0.1, 0.15) is 12.6 Å². The number of hydrogen-bond donors (Lipinski definition) is 2. The van der Waals surface area contributed by atoms with Gasteiger partial charge in [0.05, 0.1) is 12.2 Å². The van der Waals surface area contributed by atoms with Gasteiger partial charge in [-0.05, 0) is 20.9 Å². The second-order valence-electron chi connectivity index (χ2n) is 3.81. The molecular weight excluding hydrogens is 262 g/mol. The number of halogens is 1. The number of hydrogen-bond acceptors (Lipinski definition) is 5. The van der Waals surface area contributed by atoms with Gasteiger partial charge < -0.3 is 9.63 Å². The highest BCUT2D eigenvalue weighted by Gasteiger charge is 2.19. The van der Waals surface area contributed by atoms with Crippen LogP contribution in [0, 0.1) is 6.92 Å². The molecule has 18 heavy (non-hydrogen) atoms. The molecule has 0 spiro atoms. The monoisotopic (exact) mass is 277 g/mol. The van der Waals surface area contributed by atoms with E-state index in [1.807, 2.05) is 0 Å². The zero-order valence-electron chi connectivity index (χ0n) is 10.3. The van der Waals surface area contributed by atoms with Gasteiger partial charge in [0.1, 0.15) is 6.04 Å². The Labute approximate surface area is 111 Å². The van der Waals surface area contributed by atoms with Gasteiger partial charge in [0, 0.05) is 6.07 Å². The topological polar surface area (TPSA) is 95.7 Å². The van der Waals surface area contributed by atoms with E-state index in [4.69, 9.17) is 9.63 Å². The first-order chi connectivity index (χ1) is 7.90. The van der Waals surface area contributed by atoms with Crippen LogP contribution in [0.5, 0.6) is 0 Å². The van der Waals surface area contributed by atoms with Crippen LogP contribution in [0.2, 0.25) is 0 Å². The Balaban J connectivity index is 0.00000289. The van der Waals surface area contributed by atoms with Crippen molar-refractivity contribution in [3.8, 4) is 0 Å². The summed E-state index contributed by atoms with van der Waals surface area (Å²) in [7, 11) is 1.56. The van der Waals surface area contributed by atoms with Crippen molar-refractivity contribution >= 4 is 30.2 Å². The molecule has 1 amide bonds. The number of aliphatic carboxylic acids is 1. The number of nitrogens with one attached hydrogen (secondary N) is 1. The maximum atomic E-state index is 11.5. The summed E-state index contributed by atoms with van der Waals surface area (Å²) in [5.74, 6) is -1.07. The van der Waals surface area contributed by atoms with Crippen molar-refractivity contribution in [3.05, 3.63) is 11.8 Å². The molecule has 1 unspecified atom stereocenters. The number of anilines is 1. The highest BCUT2D eigenvalue weighted by Crippen LogP contribution is 2.08. The molecule has 0 saturated carbocycles. The predicted octanol–water partition coefficient (Wildman–Crippen LogP) is 0.748. The second-order valence-corrected chi connectivity index (χ2v) is 3.81. The molecule has 0 aliphatic rings. The first-order valence-corrected chi connectivity index (χ1v) is 5.06. The van der Waals surface area contributed by atoms with Crippen molar-refractivity contribution in [2.75, 3.05) is 18.9 Å². The van der Waals surface area contributed by atoms with E-state index in [1.165, 1.54) is 11.8 Å². The Hall–Kier alpha value is -1.60. The van der Waals surface area contributed by atoms with Gasteiger partial charge in [0.15, 0.2) is 0 Å². The molecule has 1 heterocycles. The zero-order chi connectivity index (χ0) is 13.0. The molecule has 1 aromatic rings. The summed E-state index contributed by atoms with van der Waals surface area (Å²) in [5.41, 5.74) is 0.660. The van der Waals surface area contributed by atoms with Gasteiger partial charge in [-0.25, -0.2) is 0 Å². The molecule has 2 N–H and O–H groups in total. The van der Waals surface area contributed by atoms with Gasteiger partial charge >= 0.3 is 5.97 Å². The number of likely N-dealkylation sites (N-methyl/N-ethyl adjacent to an activating group) is 1. The highest BCUT2D eigenvalue weighted by molar-refractivity contribution is 5.91. The van der Waals surface area contributed by atoms with Gasteiger partial charge in [-0.15, -0.1) is 12.4 Å². The largest absolute Gasteiger partial charge is 0.480 e. The number of nitrogens with zero attached hydrogens (tertiary/aromatic N) is 2. The number of aromatic nitrogens is 1. The summed E-state index contributed by atoms with van der Waals surface area (Å²) in [5, 5.41) is 14.9. The molecule has 1 rings (SSSR count). The lowest BCUT2D eigenvalue weighted by atomic mass is 10.3. The third kappa shape index (κ3) is 4.72. The minimum absolute atomic E-state index is 0. The normalized spacial score (nSPS) is 11.8. The third-order valence-electron chi connectivity index (χ3n) is 2.30. The molecule has 1 atom stereocenters. The van der Waals surface area contributed by atoms with E-state index >= 15 is 0 Å². The lowest BCUT2D eigenvalue weighted by Gasteiger charge is -2.19. The van der Waals surface area contributed by atoms with Crippen LogP contribution in [-0.2, 0) is 9.59 Å². The molecule has 0 fully saturated rings. The average molecular weight is 278 g/mol. The molecule has 0 radical (unpaired) electrons. The lowest BCUT2D eigenvalue weighted by molar-refractivity contribution is -0.142. The van der Waals surface area contributed by atoms with Gasteiger partial charge in [0.2, 0.25) is 11.8 Å². The molecule has 102 valence electrons. The fourth-order valence-corrected chi connectivity index (χ4v) is 1.15. The molecule has 0 aromatic carbocycles. The molecule has 0 aliphatic heterocycles. The smallest absolute Gasteiger partial charge is 0.320 e. The zero-order valence-corrected chi connectivity index (χ0v) is 11.2. The van der Waals surface area contributed by atoms with Crippen molar-refractivity contribution in [3.63, 3.8) is 0 Å². The van der Waals surface area contributed by atoms with E-state index in [0.29, 0.717) is 5.69 Å². The van der Waals surface area contributed by atoms with E-state index in [0.717, 1.165) is 0 Å². The summed E-state index contributed by atoms with van der Waals surface area (Å²) in [6, 6.07) is 0.857. The molecule has 1 aromatic heterocycles. The average Bonchev–Trinajstić information content (AvgIpc) is 2.62. The number of carbonyl (C=O) groups excluding carboxylic acids is 1. The predicted molar refractivity (Wildman–Crippen MR) is 66.8 cm³/mol. The van der Waals surface area contributed by atoms with Crippen LogP contribution >= 0.6 is 12.4 Å². The van der Waals surface area contributed by atoms with Gasteiger partial charge in [-0.1, -0.05) is 5.16 Å². The first kappa shape index (κ1) is 16.4. The van der Waals surface area contributed by atoms with Crippen molar-refractivity contribution < 1.29 is 19.2 Å². The SMILES string of the molecule is Cc1cc(NC(=O)CN(C)C(C)C(=O)O)on1.Cl. The number of carboxylic acid groups (broad SMARTS) is 1. The molecule has 0 aliphatic carbocycles. The quantitative estimate of drug-likeness (QED) is 0.824. The van der Waals surface area contributed by atoms with Crippen LogP contribution in [0.15, 0.2) is 10.6 Å². The number of rotatable bonds is 5. The first-order valence-electron chi connectivity index (χ1n) is 5.06. The molecule has 8 heteroatoms. The maximum Gasteiger partial charge on any atom is 0.320 e. The van der Waals surface area contributed by atoms with Crippen molar-refractivity contribution in [1.82, 2.24) is 10.1 Å². The van der Waals surface area contributed by atoms with E-state index in [2.05, 4.69) is 10.5 Å². The summed E-state index contributed by atoms with van der Waals surface area (Å²) >= 11 is 0. The third-order valence-corrected chi connectivity index (χ3v) is 2.30. The molecular formula is C10H16ClN3O4. The second kappa shape index (κ2) is 6.97. The molecule has 0 saturated heterocycles. The minimum atomic E-state index is -0.976. The van der Waals surface area contributed by atoms with Crippen molar-refractivity contribution in [2.45, 2.75) is 19.9 Å². The van der Waals surface area contributed by atoms with Crippen molar-refractivity contribution in [2.24, 2.45) is 0 Å². The minimum Gasteiger partial charge on any atom is -0.480 e. The van der Waals surface area contributed by atoms with Gasteiger partial charge in [-0.3, -0.25) is 19.8 Å². The maximum absolute atomic E-state index is 11.5. The number of amides is 1. The Bertz CT molecular complexity index is 421. The summed E-state index contributed by atoms with van der Waals surface area (Å²) in [6.07, 6.45) is 0. The Morgan fingerprint density at radius 3 is 2.67 bits per heavy atom. The molecule has 0 bridgehead atoms. The van der Waals surface area contributed by atoms with Crippen LogP contribution in [0.4, 0.5) is 5.88 Å². The van der Waals surface area contributed by atoms with E-state index in [1.54, 1.807) is 20.0 Å². The lowest BCUT2D eigenvalue weighted by Crippen LogP contribution is -2.40. The standard InChI is InChI=1S/C10H15N3O4.ClH/c1-6-4-9(17-12-6)11-8(14)5-13(3)7(2)10(15)16;/h4,7H,5H2,1-3H3,(H,11,14)(H,15,16);1H. The number of aryl methyl sites for hydroxylation is 1. The van der Waals surface area contributed by atoms with E-state index < -0.39 is 12.0 Å². The van der Waals surface area contributed by atoms with Crippen LogP contribution in [-0.4, -0.2) is 46.7 Å².